The third kappa shape index (κ3) is 10.5. The zero-order chi connectivity index (χ0) is 29.4. The number of alkyl halides is 8. The van der Waals surface area contributed by atoms with Crippen LogP contribution in [0.5, 0.6) is 5.88 Å². The van der Waals surface area contributed by atoms with E-state index in [9.17, 15) is 35.1 Å². The zero-order valence-electron chi connectivity index (χ0n) is 20.7. The molecule has 0 aliphatic carbocycles. The van der Waals surface area contributed by atoms with Crippen molar-refractivity contribution >= 4 is 56.9 Å². The van der Waals surface area contributed by atoms with Gasteiger partial charge in [0.2, 0.25) is 5.88 Å². The fraction of sp³-hybridized carbons (Fsp3) is 0.300. The third-order valence-corrected chi connectivity index (χ3v) is 4.78. The Morgan fingerprint density at radius 3 is 1.70 bits per heavy atom. The van der Waals surface area contributed by atoms with E-state index in [1.807, 2.05) is 0 Å². The first-order valence-corrected chi connectivity index (χ1v) is 11.1. The normalized spacial score (nSPS) is 11.4. The quantitative estimate of drug-likeness (QED) is 0.193. The largest absolute Gasteiger partial charge is 1.00 e. The van der Waals surface area contributed by atoms with Crippen LogP contribution in [0.1, 0.15) is 1.43 Å². The molecule has 0 bridgehead atoms. The molecule has 1 N–H and O–H groups in total. The minimum Gasteiger partial charge on any atom is -1.00 e. The summed E-state index contributed by atoms with van der Waals surface area (Å²) in [7, 11) is 0. The fourth-order valence-corrected chi connectivity index (χ4v) is 2.70. The average Bonchev–Trinajstić information content (AvgIpc) is 2.88. The molecule has 20 heteroatoms. The fourth-order valence-electron chi connectivity index (χ4n) is 2.16. The molecule has 0 amide bonds. The molecule has 40 heavy (non-hydrogen) atoms. The number of aliphatic hydroxyl groups excluding tert-OH is 1. The molecule has 4 aromatic rings. The van der Waals surface area contributed by atoms with Crippen molar-refractivity contribution in [3.8, 4) is 5.88 Å². The standard InChI is InChI=1S/C10H6ClF4N3O.C7H3Cl2N3.C3H4F4O.Na.H/c11-8-7-5(1-2-16-8)18-6(3-17-7)19-4-10(14,15)9(12)13;8-5-3-11-6-4(12-5)1-2-10-7(6)9;4-2(5)3(6,7)1-8;;/h1-3,9H,4H2;1-3H;2,8H,1H2;;/q;;;+1;-1. The van der Waals surface area contributed by atoms with Crippen molar-refractivity contribution in [1.82, 2.24) is 29.9 Å². The number of aliphatic hydroxyl groups is 1. The first-order chi connectivity index (χ1) is 18.2. The van der Waals surface area contributed by atoms with Gasteiger partial charge in [-0.2, -0.15) is 17.6 Å². The summed E-state index contributed by atoms with van der Waals surface area (Å²) in [5.41, 5.74) is 1.75. The van der Waals surface area contributed by atoms with Crippen molar-refractivity contribution in [3.63, 3.8) is 0 Å². The van der Waals surface area contributed by atoms with Crippen molar-refractivity contribution in [1.29, 1.82) is 0 Å². The van der Waals surface area contributed by atoms with Crippen LogP contribution in [0.4, 0.5) is 35.1 Å². The van der Waals surface area contributed by atoms with Crippen molar-refractivity contribution < 1.29 is 76.0 Å². The summed E-state index contributed by atoms with van der Waals surface area (Å²) >= 11 is 17.1. The van der Waals surface area contributed by atoms with Crippen LogP contribution in [-0.2, 0) is 0 Å². The van der Waals surface area contributed by atoms with Crippen molar-refractivity contribution in [2.75, 3.05) is 13.2 Å². The van der Waals surface area contributed by atoms with E-state index < -0.39 is 37.9 Å². The van der Waals surface area contributed by atoms with Crippen LogP contribution in [-0.4, -0.2) is 72.9 Å². The number of fused-ring (bicyclic) bond motifs is 2. The van der Waals surface area contributed by atoms with Gasteiger partial charge < -0.3 is 11.3 Å². The van der Waals surface area contributed by atoms with Crippen LogP contribution in [0.25, 0.3) is 22.1 Å². The first kappa shape index (κ1) is 36.1. The van der Waals surface area contributed by atoms with Crippen LogP contribution in [0, 0.1) is 0 Å². The topological polar surface area (TPSA) is 107 Å². The molecule has 0 atom stereocenters. The molecule has 0 spiro atoms. The molecule has 4 rings (SSSR count). The minimum absolute atomic E-state index is 0. The Hall–Kier alpha value is -1.95. The van der Waals surface area contributed by atoms with Gasteiger partial charge >= 0.3 is 54.3 Å². The van der Waals surface area contributed by atoms with Gasteiger partial charge in [0, 0.05) is 12.4 Å². The predicted molar refractivity (Wildman–Crippen MR) is 125 cm³/mol. The number of rotatable bonds is 6. The number of ether oxygens (including phenoxy) is 1. The molecule has 0 radical (unpaired) electrons. The van der Waals surface area contributed by atoms with Gasteiger partial charge in [-0.3, -0.25) is 0 Å². The van der Waals surface area contributed by atoms with E-state index in [0.717, 1.165) is 6.20 Å². The molecule has 0 saturated heterocycles. The number of pyridine rings is 2. The smallest absolute Gasteiger partial charge is 1.00 e. The first-order valence-electron chi connectivity index (χ1n) is 9.93. The van der Waals surface area contributed by atoms with Gasteiger partial charge in [-0.15, -0.1) is 0 Å². The van der Waals surface area contributed by atoms with Gasteiger partial charge in [0.05, 0.1) is 23.4 Å². The summed E-state index contributed by atoms with van der Waals surface area (Å²) in [5, 5.41) is 8.32. The molecule has 4 aromatic heterocycles. The van der Waals surface area contributed by atoms with Gasteiger partial charge in [0.25, 0.3) is 0 Å². The monoisotopic (exact) mass is 650 g/mol. The summed E-state index contributed by atoms with van der Waals surface area (Å²) in [6.45, 7) is -3.28. The van der Waals surface area contributed by atoms with Crippen molar-refractivity contribution in [2.24, 2.45) is 0 Å². The van der Waals surface area contributed by atoms with Crippen LogP contribution >= 0.6 is 34.8 Å². The van der Waals surface area contributed by atoms with Gasteiger partial charge in [-0.25, -0.2) is 47.5 Å². The Balaban J connectivity index is 0.000000628. The summed E-state index contributed by atoms with van der Waals surface area (Å²) in [6, 6.07) is 3.15. The molecule has 4 heterocycles. The van der Waals surface area contributed by atoms with E-state index in [-0.39, 0.29) is 53.1 Å². The van der Waals surface area contributed by atoms with E-state index >= 15 is 0 Å². The van der Waals surface area contributed by atoms with E-state index in [1.165, 1.54) is 18.5 Å². The summed E-state index contributed by atoms with van der Waals surface area (Å²) in [5.74, 6) is -8.78. The van der Waals surface area contributed by atoms with Crippen LogP contribution in [0.15, 0.2) is 36.9 Å². The number of aromatic nitrogens is 6. The van der Waals surface area contributed by atoms with Gasteiger partial charge in [-0.05, 0) is 12.1 Å². The predicted octanol–water partition coefficient (Wildman–Crippen LogP) is 3.28. The average molecular weight is 652 g/mol. The molecule has 8 nitrogen and oxygen atoms in total. The Labute approximate surface area is 257 Å². The van der Waals surface area contributed by atoms with Crippen LogP contribution in [0.3, 0.4) is 0 Å². The van der Waals surface area contributed by atoms with E-state index in [0.29, 0.717) is 21.3 Å². The number of hydrogen-bond acceptors (Lipinski definition) is 8. The van der Waals surface area contributed by atoms with Crippen molar-refractivity contribution in [3.05, 3.63) is 52.4 Å². The van der Waals surface area contributed by atoms with E-state index in [1.54, 1.807) is 12.3 Å². The molecule has 0 aromatic carbocycles. The van der Waals surface area contributed by atoms with Gasteiger partial charge in [0.1, 0.15) is 22.8 Å². The second-order valence-electron chi connectivity index (χ2n) is 6.91. The zero-order valence-corrected chi connectivity index (χ0v) is 24.0. The number of nitrogens with zero attached hydrogens (tertiary/aromatic N) is 6. The Morgan fingerprint density at radius 2 is 1.25 bits per heavy atom. The van der Waals surface area contributed by atoms with E-state index in [4.69, 9.17) is 39.9 Å². The summed E-state index contributed by atoms with van der Waals surface area (Å²) < 4.78 is 98.0. The molecule has 0 aliphatic heterocycles. The van der Waals surface area contributed by atoms with Crippen molar-refractivity contribution in [2.45, 2.75) is 24.7 Å². The second kappa shape index (κ2) is 15.9. The second-order valence-corrected chi connectivity index (χ2v) is 8.01. The Bertz CT molecular complexity index is 1400. The third-order valence-electron chi connectivity index (χ3n) is 4.04. The molecule has 0 saturated carbocycles. The Morgan fingerprint density at radius 1 is 0.775 bits per heavy atom. The summed E-state index contributed by atoms with van der Waals surface area (Å²) in [4.78, 5) is 23.2. The summed E-state index contributed by atoms with van der Waals surface area (Å²) in [6.07, 6.45) is -2.21. The molecular formula is C20H14Cl3F8N6NaO2. The molecule has 0 unspecified atom stereocenters. The molecular weight excluding hydrogens is 638 g/mol. The maximum Gasteiger partial charge on any atom is 1.00 e. The van der Waals surface area contributed by atoms with Gasteiger partial charge in [-0.1, -0.05) is 34.8 Å². The van der Waals surface area contributed by atoms with Gasteiger partial charge in [0.15, 0.2) is 16.9 Å². The number of hydrogen-bond donors (Lipinski definition) is 1. The van der Waals surface area contributed by atoms with Crippen LogP contribution in [0.2, 0.25) is 15.5 Å². The minimum atomic E-state index is -4.24. The van der Waals surface area contributed by atoms with E-state index in [2.05, 4.69) is 34.6 Å². The SMILES string of the molecule is Clc1cnc2c(Cl)nccc2n1.FC(F)C(F)(F)COc1cnc2c(Cl)nccc2n1.OCC(F)(F)C(F)F.[H-].[Na+]. The number of halogens is 11. The Kier molecular flexibility index (Phi) is 14.3. The maximum atomic E-state index is 12.7. The molecule has 214 valence electrons. The maximum absolute atomic E-state index is 12.7. The van der Waals surface area contributed by atoms with Crippen LogP contribution < -0.4 is 34.3 Å². The molecule has 0 fully saturated rings. The molecule has 0 aliphatic rings.